The fourth-order valence-electron chi connectivity index (χ4n) is 22.5. The second kappa shape index (κ2) is 52.2. The number of unbranched alkanes of at least 4 members (excludes halogenated alkanes) is 5. The Morgan fingerprint density at radius 3 is 0.980 bits per heavy atom. The van der Waals surface area contributed by atoms with Crippen LogP contribution in [0.15, 0.2) is 303 Å². The highest BCUT2D eigenvalue weighted by atomic mass is 16.5. The van der Waals surface area contributed by atoms with Gasteiger partial charge in [0, 0.05) is 99.4 Å². The van der Waals surface area contributed by atoms with E-state index in [0.717, 1.165) is 95.9 Å². The molecule has 3 N–H and O–H groups in total. The third kappa shape index (κ3) is 31.5. The quantitative estimate of drug-likeness (QED) is 0.0277. The lowest BCUT2D eigenvalue weighted by atomic mass is 9.69. The Labute approximate surface area is 907 Å². The zero-order valence-corrected chi connectivity index (χ0v) is 97.0. The van der Waals surface area contributed by atoms with Crippen molar-refractivity contribution < 1.29 is 24.5 Å². The van der Waals surface area contributed by atoms with Crippen molar-refractivity contribution in [1.29, 1.82) is 0 Å². The molecule has 11 aromatic rings. The number of anilines is 3. The number of aryl methyl sites for hydroxylation is 4. The van der Waals surface area contributed by atoms with Crippen LogP contribution in [0.3, 0.4) is 0 Å². The van der Waals surface area contributed by atoms with E-state index in [-0.39, 0.29) is 51.1 Å². The number of nitrogens with zero attached hydrogens (tertiary/aromatic N) is 3. The number of ether oxygens (including phenoxy) is 1. The van der Waals surface area contributed by atoms with Crippen molar-refractivity contribution in [2.24, 2.45) is 38.4 Å². The number of esters is 1. The van der Waals surface area contributed by atoms with Gasteiger partial charge in [0.25, 0.3) is 0 Å². The molecule has 4 aliphatic carbocycles. The topological polar surface area (TPSA) is 77.9 Å². The maximum atomic E-state index is 13.6. The van der Waals surface area contributed by atoms with Crippen LogP contribution < -0.4 is 29.7 Å². The first-order valence-corrected chi connectivity index (χ1v) is 57.1. The SMILES string of the molecule is CCN(CC)c1ccc(C(=C2C=CC(=[NH+]C3CCCC(OC(=O)C(CC(C)(C)C)C(C)(C)C)C3)c3ccccc32)c2ccc(C)cc2)cc1.CCN(CC)c1ccc(C(=C2C=CC(=[NH+]CCCCCCCCc3ccc(C(CC(C)(C)C)C(C)(C)C)cc3)c3ccccc32)c2ccc(C)cc2)cc1.CCN(CC)c1ccc(C(=C2C=CC(=[NH+]Cc3ccc(C(CC(C)(C)C)C(C)(C)C)cc3)c3ccccc32)c2ccc(C)cc2)cc1. The zero-order chi connectivity index (χ0) is 108. The van der Waals surface area contributed by atoms with E-state index in [9.17, 15) is 4.79 Å². The van der Waals surface area contributed by atoms with Crippen molar-refractivity contribution in [1.82, 2.24) is 0 Å². The molecule has 11 aromatic carbocycles. The van der Waals surface area contributed by atoms with Gasteiger partial charge in [-0.2, -0.15) is 0 Å². The molecule has 1 fully saturated rings. The summed E-state index contributed by atoms with van der Waals surface area (Å²) in [7, 11) is 0. The van der Waals surface area contributed by atoms with Gasteiger partial charge in [0.1, 0.15) is 12.6 Å². The predicted octanol–water partition coefficient (Wildman–Crippen LogP) is 31.6. The summed E-state index contributed by atoms with van der Waals surface area (Å²) in [5, 5.41) is 0. The molecule has 0 radical (unpaired) electrons. The average Bonchev–Trinajstić information content (AvgIpc) is 0.766. The van der Waals surface area contributed by atoms with E-state index >= 15 is 0 Å². The van der Waals surface area contributed by atoms with Gasteiger partial charge in [0.2, 0.25) is 17.1 Å². The maximum Gasteiger partial charge on any atom is 0.309 e. The van der Waals surface area contributed by atoms with Gasteiger partial charge >= 0.3 is 5.97 Å². The van der Waals surface area contributed by atoms with Gasteiger partial charge in [-0.25, -0.2) is 15.0 Å². The maximum absolute atomic E-state index is 13.6. The van der Waals surface area contributed by atoms with Crippen molar-refractivity contribution in [2.45, 2.75) is 307 Å². The van der Waals surface area contributed by atoms with Crippen LogP contribution in [0.25, 0.3) is 33.4 Å². The molecular weight excluding hydrogens is 1820 g/mol. The molecule has 4 aliphatic rings. The number of nitrogens with one attached hydrogen (secondary N) is 3. The van der Waals surface area contributed by atoms with Crippen LogP contribution >= 0.6 is 0 Å². The normalized spacial score (nSPS) is 17.2. The Balaban J connectivity index is 0.000000188. The molecule has 0 saturated heterocycles. The third-order valence-electron chi connectivity index (χ3n) is 31.0. The fourth-order valence-corrected chi connectivity index (χ4v) is 22.5. The number of carbonyl (C=O) groups excluding carboxylic acids is 1. The summed E-state index contributed by atoms with van der Waals surface area (Å²) in [6, 6.07) is 99.9. The van der Waals surface area contributed by atoms with E-state index < -0.39 is 0 Å². The van der Waals surface area contributed by atoms with Crippen LogP contribution in [0.1, 0.15) is 367 Å². The minimum absolute atomic E-state index is 0.0350. The minimum Gasteiger partial charge on any atom is -0.462 e. The Bertz CT molecular complexity index is 6530. The largest absolute Gasteiger partial charge is 0.462 e. The smallest absolute Gasteiger partial charge is 0.309 e. The summed E-state index contributed by atoms with van der Waals surface area (Å²) in [4.78, 5) is 32.3. The predicted molar refractivity (Wildman–Crippen MR) is 648 cm³/mol. The Morgan fingerprint density at radius 2 is 0.640 bits per heavy atom. The van der Waals surface area contributed by atoms with Crippen LogP contribution in [0.4, 0.5) is 17.1 Å². The average molecular weight is 2010 g/mol. The molecule has 0 spiro atoms. The van der Waals surface area contributed by atoms with E-state index in [0.29, 0.717) is 17.3 Å². The Morgan fingerprint density at radius 1 is 0.327 bits per heavy atom. The summed E-state index contributed by atoms with van der Waals surface area (Å²) in [6.45, 7) is 69.1. The second-order valence-corrected chi connectivity index (χ2v) is 49.8. The summed E-state index contributed by atoms with van der Waals surface area (Å²) >= 11 is 0. The number of fused-ring (bicyclic) bond motifs is 3. The molecule has 0 bridgehead atoms. The van der Waals surface area contributed by atoms with Crippen LogP contribution in [0.2, 0.25) is 0 Å². The molecule has 0 heterocycles. The first-order chi connectivity index (χ1) is 71.5. The lowest BCUT2D eigenvalue weighted by Gasteiger charge is -2.36. The molecule has 0 amide bonds. The number of hydrogen-bond donors (Lipinski definition) is 3. The molecule has 790 valence electrons. The number of hydrogen-bond acceptors (Lipinski definition) is 5. The fraction of sp³-hybridized carbons (Fsp3) is 0.423. The van der Waals surface area contributed by atoms with E-state index in [1.54, 1.807) is 0 Å². The molecule has 5 atom stereocenters. The molecule has 0 aromatic heterocycles. The molecule has 8 heteroatoms. The van der Waals surface area contributed by atoms with Crippen molar-refractivity contribution in [3.63, 3.8) is 0 Å². The first kappa shape index (κ1) is 115. The highest BCUT2D eigenvalue weighted by molar-refractivity contribution is 6.19. The van der Waals surface area contributed by atoms with E-state index in [1.807, 2.05) is 0 Å². The lowest BCUT2D eigenvalue weighted by Crippen LogP contribution is -2.80. The van der Waals surface area contributed by atoms with Gasteiger partial charge in [-0.05, 0) is 331 Å². The molecule has 15 rings (SSSR count). The summed E-state index contributed by atoms with van der Waals surface area (Å²) in [6.07, 6.45) is 29.7. The minimum atomic E-state index is -0.140. The number of carbonyl (C=O) groups is 1. The second-order valence-electron chi connectivity index (χ2n) is 49.8. The van der Waals surface area contributed by atoms with Crippen molar-refractivity contribution in [2.75, 3.05) is 60.5 Å². The zero-order valence-electron chi connectivity index (χ0n) is 97.0. The van der Waals surface area contributed by atoms with Crippen LogP contribution in [0, 0.1) is 59.2 Å². The molecule has 1 saturated carbocycles. The number of benzene rings is 11. The Hall–Kier alpha value is -12.3. The van der Waals surface area contributed by atoms with Gasteiger partial charge in [-0.15, -0.1) is 0 Å². The van der Waals surface area contributed by atoms with Crippen LogP contribution in [-0.2, 0) is 22.5 Å². The molecule has 0 aliphatic heterocycles. The third-order valence-corrected chi connectivity index (χ3v) is 31.0. The Kier molecular flexibility index (Phi) is 40.0. The van der Waals surface area contributed by atoms with Crippen LogP contribution in [0.5, 0.6) is 0 Å². The lowest BCUT2D eigenvalue weighted by molar-refractivity contribution is -0.508. The standard InChI is InChI=1S/C52H68N2.C45H58N2O2.C45H54N2/c1-10-54(11-2)44-33-31-43(32-34-44)50(42-27-23-39(3)24-28-42)47-35-36-49(46-22-18-17-21-45(46)47)53-37-19-15-13-12-14-16-20-40-25-29-41(30-26-40)48(52(7,8)9)38-51(4,5)6;1-10-47(11-2)35-25-23-33(24-26-35)42(32-21-19-31(3)20-22-32)39-27-28-41(38-18-13-12-17-37(38)39)46-34-15-14-16-36(29-34)49-43(48)40(45(7,8)9)30-44(4,5)6;1-10-47(11-2)37-26-24-36(25-27-37)43(35-20-16-32(3)17-21-35)40-28-29-42(39-15-13-12-14-38(39)40)46-31-33-18-22-34(23-19-33)41(45(7,8)9)30-44(4,5)6/h17-18,21-36,48H,10-16,19-20,37-38H2,1-9H3;12-13,17-28,34,36,40H,10-11,14-16,29-30H2,1-9H3;12-29,41H,10-11,30-31H2,1-9H3/p+3. The number of allylic oxidation sites excluding steroid dienone is 9. The van der Waals surface area contributed by atoms with Crippen LogP contribution in [-0.4, -0.2) is 81.1 Å². The molecule has 5 unspecified atom stereocenters. The van der Waals surface area contributed by atoms with Crippen molar-refractivity contribution in [3.8, 4) is 0 Å². The van der Waals surface area contributed by atoms with E-state index in [1.165, 1.54) is 220 Å². The highest BCUT2D eigenvalue weighted by Crippen LogP contribution is 2.48. The summed E-state index contributed by atoms with van der Waals surface area (Å²) in [5.74, 6) is 0.950. The van der Waals surface area contributed by atoms with Gasteiger partial charge < -0.3 is 19.4 Å². The molecular formula is C142H183N6O2+3. The van der Waals surface area contributed by atoms with E-state index in [2.05, 4.69) is 520 Å². The summed E-state index contributed by atoms with van der Waals surface area (Å²) < 4.78 is 6.29. The van der Waals surface area contributed by atoms with E-state index in [4.69, 9.17) is 4.74 Å². The first-order valence-electron chi connectivity index (χ1n) is 57.1. The monoisotopic (exact) mass is 2000 g/mol. The highest BCUT2D eigenvalue weighted by Gasteiger charge is 2.40. The van der Waals surface area contributed by atoms with Crippen molar-refractivity contribution >= 4 is 73.6 Å². The summed E-state index contributed by atoms with van der Waals surface area (Å²) in [5.41, 5.74) is 40.3. The van der Waals surface area contributed by atoms with Crippen molar-refractivity contribution in [3.05, 3.63) is 409 Å². The van der Waals surface area contributed by atoms with Gasteiger partial charge in [0.15, 0.2) is 12.6 Å². The molecule has 8 nitrogen and oxygen atoms in total. The van der Waals surface area contributed by atoms with Gasteiger partial charge in [0.05, 0.1) is 22.6 Å². The number of rotatable bonds is 34. The molecule has 150 heavy (non-hydrogen) atoms. The van der Waals surface area contributed by atoms with Gasteiger partial charge in [-0.1, -0.05) is 373 Å². The van der Waals surface area contributed by atoms with Gasteiger partial charge in [-0.3, -0.25) is 4.79 Å².